The molecule has 0 saturated carbocycles. The van der Waals surface area contributed by atoms with Crippen molar-refractivity contribution in [2.45, 2.75) is 64.2 Å². The first-order valence-electron chi connectivity index (χ1n) is 8.40. The molecule has 0 spiro atoms. The molecule has 1 fully saturated rings. The minimum Gasteiger partial charge on any atom is -0.490 e. The largest absolute Gasteiger partial charge is 0.490 e. The molecular weight excluding hydrogens is 262 g/mol. The molecule has 3 unspecified atom stereocenters. The zero-order valence-corrected chi connectivity index (χ0v) is 13.2. The third kappa shape index (κ3) is 3.58. The van der Waals surface area contributed by atoms with Gasteiger partial charge in [0, 0.05) is 19.1 Å². The fourth-order valence-electron chi connectivity index (χ4n) is 3.52. The molecule has 1 aromatic rings. The third-order valence-electron chi connectivity index (χ3n) is 4.57. The van der Waals surface area contributed by atoms with Crippen molar-refractivity contribution in [1.82, 2.24) is 5.32 Å². The molecule has 0 aromatic heterocycles. The molecule has 3 atom stereocenters. The van der Waals surface area contributed by atoms with Crippen molar-refractivity contribution in [2.75, 3.05) is 13.2 Å². The average molecular weight is 289 g/mol. The molecule has 0 radical (unpaired) electrons. The molecule has 0 aliphatic carbocycles. The number of hydrogen-bond donors (Lipinski definition) is 1. The minimum absolute atomic E-state index is 0.319. The Bertz CT molecular complexity index is 468. The van der Waals surface area contributed by atoms with Gasteiger partial charge in [0.05, 0.1) is 6.10 Å². The van der Waals surface area contributed by atoms with Crippen LogP contribution >= 0.6 is 0 Å². The molecule has 3 nitrogen and oxygen atoms in total. The maximum Gasteiger partial charge on any atom is 0.123 e. The number of nitrogens with one attached hydrogen (secondary N) is 1. The van der Waals surface area contributed by atoms with Crippen LogP contribution in [0.15, 0.2) is 18.2 Å². The lowest BCUT2D eigenvalue weighted by Gasteiger charge is -2.20. The van der Waals surface area contributed by atoms with E-state index in [2.05, 4.69) is 37.4 Å². The highest BCUT2D eigenvalue weighted by Crippen LogP contribution is 2.32. The van der Waals surface area contributed by atoms with Crippen LogP contribution in [0.4, 0.5) is 0 Å². The van der Waals surface area contributed by atoms with Gasteiger partial charge in [-0.15, -0.1) is 0 Å². The molecule has 3 rings (SSSR count). The predicted molar refractivity (Wildman–Crippen MR) is 84.9 cm³/mol. The van der Waals surface area contributed by atoms with Gasteiger partial charge < -0.3 is 14.8 Å². The predicted octanol–water partition coefficient (Wildman–Crippen LogP) is 3.62. The fourth-order valence-corrected chi connectivity index (χ4v) is 3.52. The molecule has 3 heteroatoms. The van der Waals surface area contributed by atoms with Gasteiger partial charge in [-0.25, -0.2) is 0 Å². The second-order valence-corrected chi connectivity index (χ2v) is 6.32. The third-order valence-corrected chi connectivity index (χ3v) is 4.57. The van der Waals surface area contributed by atoms with Gasteiger partial charge in [-0.3, -0.25) is 0 Å². The summed E-state index contributed by atoms with van der Waals surface area (Å²) in [5.74, 6) is 1.07. The van der Waals surface area contributed by atoms with Crippen molar-refractivity contribution < 1.29 is 9.47 Å². The molecule has 1 saturated heterocycles. The van der Waals surface area contributed by atoms with Crippen LogP contribution in [0.5, 0.6) is 5.75 Å². The Labute approximate surface area is 128 Å². The highest BCUT2D eigenvalue weighted by atomic mass is 16.5. The molecule has 0 amide bonds. The summed E-state index contributed by atoms with van der Waals surface area (Å²) in [4.78, 5) is 0. The van der Waals surface area contributed by atoms with E-state index in [-0.39, 0.29) is 0 Å². The van der Waals surface area contributed by atoms with E-state index in [0.717, 1.165) is 38.2 Å². The lowest BCUT2D eigenvalue weighted by Crippen LogP contribution is -2.22. The second kappa shape index (κ2) is 6.80. The normalized spacial score (nSPS) is 25.6. The lowest BCUT2D eigenvalue weighted by atomic mass is 9.96. The van der Waals surface area contributed by atoms with Gasteiger partial charge in [0.25, 0.3) is 0 Å². The SMILES string of the molecule is CCNC(CCC1CCCO1)c1ccc2c(c1)CC(C)O2. The van der Waals surface area contributed by atoms with E-state index >= 15 is 0 Å². The van der Waals surface area contributed by atoms with Gasteiger partial charge in [-0.05, 0) is 56.3 Å². The van der Waals surface area contributed by atoms with Gasteiger partial charge in [0.15, 0.2) is 0 Å². The van der Waals surface area contributed by atoms with E-state index in [9.17, 15) is 0 Å². The van der Waals surface area contributed by atoms with Crippen LogP contribution in [0, 0.1) is 0 Å². The molecule has 1 N–H and O–H groups in total. The Kier molecular flexibility index (Phi) is 4.81. The van der Waals surface area contributed by atoms with Gasteiger partial charge >= 0.3 is 0 Å². The van der Waals surface area contributed by atoms with Gasteiger partial charge in [-0.1, -0.05) is 19.1 Å². The fraction of sp³-hybridized carbons (Fsp3) is 0.667. The minimum atomic E-state index is 0.319. The molecule has 2 aliphatic heterocycles. The molecule has 116 valence electrons. The molecular formula is C18H27NO2. The quantitative estimate of drug-likeness (QED) is 0.867. The van der Waals surface area contributed by atoms with Crippen molar-refractivity contribution in [3.8, 4) is 5.75 Å². The highest BCUT2D eigenvalue weighted by Gasteiger charge is 2.22. The van der Waals surface area contributed by atoms with Gasteiger partial charge in [0.1, 0.15) is 11.9 Å². The van der Waals surface area contributed by atoms with Crippen LogP contribution in [-0.4, -0.2) is 25.4 Å². The maximum absolute atomic E-state index is 5.80. The number of rotatable bonds is 6. The Balaban J connectivity index is 1.66. The summed E-state index contributed by atoms with van der Waals surface area (Å²) < 4.78 is 11.6. The van der Waals surface area contributed by atoms with E-state index < -0.39 is 0 Å². The standard InChI is InChI=1S/C18H27NO2/c1-3-19-17(8-7-16-5-4-10-20-16)14-6-9-18-15(12-14)11-13(2)21-18/h6,9,12-13,16-17,19H,3-5,7-8,10-11H2,1-2H3. The van der Waals surface area contributed by atoms with Crippen LogP contribution in [0.1, 0.15) is 56.7 Å². The zero-order chi connectivity index (χ0) is 14.7. The van der Waals surface area contributed by atoms with E-state index in [4.69, 9.17) is 9.47 Å². The topological polar surface area (TPSA) is 30.5 Å². The van der Waals surface area contributed by atoms with Crippen LogP contribution in [-0.2, 0) is 11.2 Å². The molecule has 2 heterocycles. The van der Waals surface area contributed by atoms with Gasteiger partial charge in [0.2, 0.25) is 0 Å². The number of hydrogen-bond acceptors (Lipinski definition) is 3. The monoisotopic (exact) mass is 289 g/mol. The number of benzene rings is 1. The highest BCUT2D eigenvalue weighted by molar-refractivity contribution is 5.41. The Morgan fingerprint density at radius 2 is 2.29 bits per heavy atom. The van der Waals surface area contributed by atoms with E-state index in [1.807, 2.05) is 0 Å². The van der Waals surface area contributed by atoms with E-state index in [1.165, 1.54) is 24.0 Å². The summed E-state index contributed by atoms with van der Waals surface area (Å²) in [5.41, 5.74) is 2.76. The first-order chi connectivity index (χ1) is 10.3. The second-order valence-electron chi connectivity index (χ2n) is 6.32. The summed E-state index contributed by atoms with van der Waals surface area (Å²) in [7, 11) is 0. The first-order valence-corrected chi connectivity index (χ1v) is 8.40. The van der Waals surface area contributed by atoms with Crippen molar-refractivity contribution in [3.05, 3.63) is 29.3 Å². The lowest BCUT2D eigenvalue weighted by molar-refractivity contribution is 0.0996. The smallest absolute Gasteiger partial charge is 0.123 e. The van der Waals surface area contributed by atoms with Crippen molar-refractivity contribution in [2.24, 2.45) is 0 Å². The zero-order valence-electron chi connectivity index (χ0n) is 13.2. The van der Waals surface area contributed by atoms with Gasteiger partial charge in [-0.2, -0.15) is 0 Å². The molecule has 21 heavy (non-hydrogen) atoms. The summed E-state index contributed by atoms with van der Waals surface area (Å²) in [5, 5.41) is 3.63. The maximum atomic E-state index is 5.80. The van der Waals surface area contributed by atoms with E-state index in [1.54, 1.807) is 0 Å². The van der Waals surface area contributed by atoms with Crippen molar-refractivity contribution in [1.29, 1.82) is 0 Å². The first kappa shape index (κ1) is 14.9. The van der Waals surface area contributed by atoms with Crippen molar-refractivity contribution in [3.63, 3.8) is 0 Å². The van der Waals surface area contributed by atoms with Crippen LogP contribution in [0.3, 0.4) is 0 Å². The molecule has 1 aromatic carbocycles. The van der Waals surface area contributed by atoms with E-state index in [0.29, 0.717) is 18.2 Å². The van der Waals surface area contributed by atoms with Crippen LogP contribution in [0.25, 0.3) is 0 Å². The Hall–Kier alpha value is -1.06. The number of fused-ring (bicyclic) bond motifs is 1. The Morgan fingerprint density at radius 1 is 1.38 bits per heavy atom. The molecule has 0 bridgehead atoms. The molecule has 2 aliphatic rings. The summed E-state index contributed by atoms with van der Waals surface area (Å²) in [6, 6.07) is 7.13. The van der Waals surface area contributed by atoms with Crippen LogP contribution < -0.4 is 10.1 Å². The average Bonchev–Trinajstić information content (AvgIpc) is 3.10. The summed E-state index contributed by atoms with van der Waals surface area (Å²) in [6.07, 6.45) is 6.59. The summed E-state index contributed by atoms with van der Waals surface area (Å²) >= 11 is 0. The van der Waals surface area contributed by atoms with Crippen LogP contribution in [0.2, 0.25) is 0 Å². The van der Waals surface area contributed by atoms with Crippen molar-refractivity contribution >= 4 is 0 Å². The summed E-state index contributed by atoms with van der Waals surface area (Å²) in [6.45, 7) is 6.27. The number of ether oxygens (including phenoxy) is 2. The Morgan fingerprint density at radius 3 is 3.05 bits per heavy atom.